The number of non-ortho nitro benzene ring substituents is 1. The van der Waals surface area contributed by atoms with E-state index in [0.717, 1.165) is 23.5 Å². The molecule has 10 nitrogen and oxygen atoms in total. The zero-order valence-corrected chi connectivity index (χ0v) is 15.6. The highest BCUT2D eigenvalue weighted by Crippen LogP contribution is 2.24. The Kier molecular flexibility index (Phi) is 5.05. The number of nitro benzene ring substituents is 1. The maximum Gasteiger partial charge on any atom is 0.420 e. The van der Waals surface area contributed by atoms with Gasteiger partial charge in [0.05, 0.1) is 16.5 Å². The van der Waals surface area contributed by atoms with Crippen LogP contribution in [0.25, 0.3) is 11.1 Å². The van der Waals surface area contributed by atoms with Crippen molar-refractivity contribution in [3.05, 3.63) is 74.8 Å². The number of esters is 1. The van der Waals surface area contributed by atoms with Crippen LogP contribution in [-0.4, -0.2) is 27.4 Å². The Morgan fingerprint density at radius 3 is 2.63 bits per heavy atom. The molecule has 4 rings (SSSR count). The number of carbonyl (C=O) groups is 2. The number of carbonyl (C=O) groups excluding carboxylic acids is 2. The topological polar surface area (TPSA) is 134 Å². The molecule has 0 bridgehead atoms. The minimum Gasteiger partial charge on any atom is -0.446 e. The lowest BCUT2D eigenvalue weighted by Crippen LogP contribution is -2.34. The lowest BCUT2D eigenvalue weighted by Gasteiger charge is -2.18. The van der Waals surface area contributed by atoms with Crippen LogP contribution in [0.15, 0.2) is 57.7 Å². The number of aromatic nitrogens is 1. The summed E-state index contributed by atoms with van der Waals surface area (Å²) >= 11 is 0. The molecule has 1 aliphatic rings. The third kappa shape index (κ3) is 4.07. The predicted molar refractivity (Wildman–Crippen MR) is 104 cm³/mol. The standard InChI is InChI=1S/C20H17N3O7/c24-17(11-22-15-9-8-14(23(27)28)10-16(15)29-20(22)26)30-18(12-4-2-1-3-5-12)19(25)21-13-6-7-13/h1-5,8-10,13,18H,6-7,11H2,(H,21,25)/t18-/m0/s1. The van der Waals surface area contributed by atoms with E-state index in [2.05, 4.69) is 5.32 Å². The predicted octanol–water partition coefficient (Wildman–Crippen LogP) is 2.07. The van der Waals surface area contributed by atoms with Crippen molar-refractivity contribution in [2.45, 2.75) is 31.5 Å². The molecule has 1 aromatic heterocycles. The molecule has 10 heteroatoms. The first kappa shape index (κ1) is 19.4. The minimum absolute atomic E-state index is 0.0203. The van der Waals surface area contributed by atoms with Crippen molar-refractivity contribution in [3.63, 3.8) is 0 Å². The molecule has 1 fully saturated rings. The molecule has 1 saturated carbocycles. The Labute approximate surface area is 169 Å². The summed E-state index contributed by atoms with van der Waals surface area (Å²) in [7, 11) is 0. The van der Waals surface area contributed by atoms with Gasteiger partial charge >= 0.3 is 11.7 Å². The van der Waals surface area contributed by atoms with Gasteiger partial charge in [0, 0.05) is 17.7 Å². The second-order valence-corrected chi connectivity index (χ2v) is 6.93. The van der Waals surface area contributed by atoms with E-state index in [-0.39, 0.29) is 22.8 Å². The number of ether oxygens (including phenoxy) is 1. The number of benzene rings is 2. The van der Waals surface area contributed by atoms with Crippen LogP contribution >= 0.6 is 0 Å². The lowest BCUT2D eigenvalue weighted by atomic mass is 10.1. The van der Waals surface area contributed by atoms with Gasteiger partial charge in [-0.15, -0.1) is 0 Å². The van der Waals surface area contributed by atoms with Crippen molar-refractivity contribution in [3.8, 4) is 0 Å². The Morgan fingerprint density at radius 1 is 1.23 bits per heavy atom. The first-order valence-electron chi connectivity index (χ1n) is 9.25. The lowest BCUT2D eigenvalue weighted by molar-refractivity contribution is -0.384. The quantitative estimate of drug-likeness (QED) is 0.357. The van der Waals surface area contributed by atoms with Crippen molar-refractivity contribution in [2.75, 3.05) is 0 Å². The summed E-state index contributed by atoms with van der Waals surface area (Å²) in [5.41, 5.74) is 0.449. The highest BCUT2D eigenvalue weighted by atomic mass is 16.6. The summed E-state index contributed by atoms with van der Waals surface area (Å²) in [6.07, 6.45) is 0.599. The summed E-state index contributed by atoms with van der Waals surface area (Å²) in [6.45, 7) is -0.510. The molecule has 0 saturated heterocycles. The summed E-state index contributed by atoms with van der Waals surface area (Å²) in [5, 5.41) is 13.7. The van der Waals surface area contributed by atoms with Crippen LogP contribution in [-0.2, 0) is 20.9 Å². The normalized spacial score (nSPS) is 14.3. The summed E-state index contributed by atoms with van der Waals surface area (Å²) < 4.78 is 11.4. The summed E-state index contributed by atoms with van der Waals surface area (Å²) in [6, 6.07) is 12.3. The van der Waals surface area contributed by atoms with Crippen molar-refractivity contribution in [1.29, 1.82) is 0 Å². The summed E-state index contributed by atoms with van der Waals surface area (Å²) in [4.78, 5) is 47.5. The van der Waals surface area contributed by atoms with Crippen molar-refractivity contribution >= 4 is 28.7 Å². The molecule has 1 heterocycles. The second kappa shape index (κ2) is 7.82. The van der Waals surface area contributed by atoms with Gasteiger partial charge in [0.25, 0.3) is 11.6 Å². The van der Waals surface area contributed by atoms with Crippen molar-refractivity contribution < 1.29 is 23.7 Å². The van der Waals surface area contributed by atoms with Crippen LogP contribution in [0, 0.1) is 10.1 Å². The van der Waals surface area contributed by atoms with E-state index in [0.29, 0.717) is 5.56 Å². The monoisotopic (exact) mass is 411 g/mol. The average Bonchev–Trinajstić information content (AvgIpc) is 3.49. The highest BCUT2D eigenvalue weighted by molar-refractivity contribution is 5.86. The first-order chi connectivity index (χ1) is 14.4. The molecule has 1 N–H and O–H groups in total. The molecule has 0 radical (unpaired) electrons. The molecular weight excluding hydrogens is 394 g/mol. The van der Waals surface area contributed by atoms with E-state index in [1.807, 2.05) is 0 Å². The zero-order valence-electron chi connectivity index (χ0n) is 15.6. The Bertz CT molecular complexity index is 1180. The van der Waals surface area contributed by atoms with Gasteiger partial charge in [-0.05, 0) is 18.9 Å². The van der Waals surface area contributed by atoms with Crippen molar-refractivity contribution in [1.82, 2.24) is 9.88 Å². The first-order valence-corrected chi connectivity index (χ1v) is 9.25. The van der Waals surface area contributed by atoms with E-state index in [1.165, 1.54) is 12.1 Å². The van der Waals surface area contributed by atoms with Gasteiger partial charge in [0.15, 0.2) is 5.58 Å². The number of nitrogens with zero attached hydrogens (tertiary/aromatic N) is 2. The van der Waals surface area contributed by atoms with Gasteiger partial charge in [-0.2, -0.15) is 0 Å². The molecule has 0 aliphatic heterocycles. The van der Waals surface area contributed by atoms with Gasteiger partial charge < -0.3 is 14.5 Å². The van der Waals surface area contributed by atoms with Crippen LogP contribution in [0.5, 0.6) is 0 Å². The third-order valence-corrected chi connectivity index (χ3v) is 4.66. The van der Waals surface area contributed by atoms with Crippen LogP contribution in [0.3, 0.4) is 0 Å². The molecule has 1 amide bonds. The largest absolute Gasteiger partial charge is 0.446 e. The van der Waals surface area contributed by atoms with Crippen LogP contribution in [0.2, 0.25) is 0 Å². The van der Waals surface area contributed by atoms with Crippen LogP contribution in [0.1, 0.15) is 24.5 Å². The van der Waals surface area contributed by atoms with Crippen molar-refractivity contribution in [2.24, 2.45) is 0 Å². The summed E-state index contributed by atoms with van der Waals surface area (Å²) in [5.74, 6) is -2.11. The number of hydrogen-bond acceptors (Lipinski definition) is 7. The molecule has 3 aromatic rings. The molecule has 0 unspecified atom stereocenters. The van der Waals surface area contributed by atoms with Gasteiger partial charge in [-0.1, -0.05) is 30.3 Å². The fourth-order valence-electron chi connectivity index (χ4n) is 3.02. The third-order valence-electron chi connectivity index (χ3n) is 4.66. The zero-order chi connectivity index (χ0) is 21.3. The highest BCUT2D eigenvalue weighted by Gasteiger charge is 2.31. The number of oxazole rings is 1. The van der Waals surface area contributed by atoms with Crippen LogP contribution < -0.4 is 11.1 Å². The smallest absolute Gasteiger partial charge is 0.420 e. The van der Waals surface area contributed by atoms with Gasteiger partial charge in [0.1, 0.15) is 6.54 Å². The molecule has 2 aromatic carbocycles. The maximum absolute atomic E-state index is 12.6. The minimum atomic E-state index is -1.16. The number of fused-ring (bicyclic) bond motifs is 1. The molecule has 154 valence electrons. The molecule has 30 heavy (non-hydrogen) atoms. The number of hydrogen-bond donors (Lipinski definition) is 1. The Morgan fingerprint density at radius 2 is 1.97 bits per heavy atom. The van der Waals surface area contributed by atoms with E-state index >= 15 is 0 Å². The SMILES string of the molecule is O=C(Cn1c(=O)oc2cc([N+](=O)[O-])ccc21)O[C@H](C(=O)NC1CC1)c1ccccc1. The molecule has 1 atom stereocenters. The Hall–Kier alpha value is -3.95. The molecule has 0 spiro atoms. The van der Waals surface area contributed by atoms with Gasteiger partial charge in [0.2, 0.25) is 6.10 Å². The van der Waals surface area contributed by atoms with Crippen LogP contribution in [0.4, 0.5) is 5.69 Å². The number of nitro groups is 1. The van der Waals surface area contributed by atoms with E-state index in [4.69, 9.17) is 9.15 Å². The number of nitrogens with one attached hydrogen (secondary N) is 1. The van der Waals surface area contributed by atoms with E-state index < -0.39 is 35.2 Å². The number of amides is 1. The fourth-order valence-corrected chi connectivity index (χ4v) is 3.02. The maximum atomic E-state index is 12.6. The molecule has 1 aliphatic carbocycles. The van der Waals surface area contributed by atoms with Gasteiger partial charge in [-0.25, -0.2) is 4.79 Å². The average molecular weight is 411 g/mol. The van der Waals surface area contributed by atoms with E-state index in [9.17, 15) is 24.5 Å². The van der Waals surface area contributed by atoms with Gasteiger partial charge in [-0.3, -0.25) is 24.3 Å². The fraction of sp³-hybridized carbons (Fsp3) is 0.250. The molecular formula is C20H17N3O7. The Balaban J connectivity index is 1.56. The second-order valence-electron chi connectivity index (χ2n) is 6.93. The van der Waals surface area contributed by atoms with E-state index in [1.54, 1.807) is 30.3 Å². The number of rotatable bonds is 7.